The summed E-state index contributed by atoms with van der Waals surface area (Å²) in [5.74, 6) is 0.726. The van der Waals surface area contributed by atoms with E-state index in [4.69, 9.17) is 4.74 Å². The zero-order valence-electron chi connectivity index (χ0n) is 15.9. The molecule has 1 heterocycles. The third-order valence-electron chi connectivity index (χ3n) is 4.67. The largest absolute Gasteiger partial charge is 0.416 e. The molecule has 0 aromatic heterocycles. The third-order valence-corrected chi connectivity index (χ3v) is 4.67. The summed E-state index contributed by atoms with van der Waals surface area (Å²) in [6.07, 6.45) is 0.454. The molecule has 2 rings (SSSR count). The van der Waals surface area contributed by atoms with Crippen LogP contribution in [-0.2, 0) is 10.9 Å². The highest BCUT2D eigenvalue weighted by Gasteiger charge is 2.30. The lowest BCUT2D eigenvalue weighted by Gasteiger charge is -2.17. The van der Waals surface area contributed by atoms with E-state index in [0.29, 0.717) is 31.1 Å². The number of hydrogen-bond acceptors (Lipinski definition) is 2. The molecule has 0 saturated heterocycles. The summed E-state index contributed by atoms with van der Waals surface area (Å²) in [4.78, 5) is 4.19. The number of halogens is 3. The first kappa shape index (κ1) is 21.3. The number of benzene rings is 1. The molecule has 1 atom stereocenters. The van der Waals surface area contributed by atoms with Gasteiger partial charge in [0.25, 0.3) is 0 Å². The van der Waals surface area contributed by atoms with Gasteiger partial charge in [0, 0.05) is 20.1 Å². The van der Waals surface area contributed by atoms with E-state index >= 15 is 0 Å². The second-order valence-corrected chi connectivity index (χ2v) is 6.68. The van der Waals surface area contributed by atoms with Crippen LogP contribution in [0.5, 0.6) is 0 Å². The van der Waals surface area contributed by atoms with Gasteiger partial charge in [0.2, 0.25) is 0 Å². The fourth-order valence-electron chi connectivity index (χ4n) is 2.95. The highest BCUT2D eigenvalue weighted by atomic mass is 19.4. The van der Waals surface area contributed by atoms with E-state index in [9.17, 15) is 13.2 Å². The minimum absolute atomic E-state index is 0.0188. The van der Waals surface area contributed by atoms with Crippen molar-refractivity contribution in [1.29, 1.82) is 0 Å². The smallest absolute Gasteiger partial charge is 0.377 e. The van der Waals surface area contributed by atoms with Gasteiger partial charge in [0.1, 0.15) is 0 Å². The number of aliphatic imine (C=N–C) groups is 1. The zero-order chi connectivity index (χ0) is 19.7. The molecule has 0 bridgehead atoms. The number of nitrogens with zero attached hydrogens (tertiary/aromatic N) is 1. The summed E-state index contributed by atoms with van der Waals surface area (Å²) < 4.78 is 43.8. The Bertz CT molecular complexity index is 656. The molecule has 0 radical (unpaired) electrons. The molecule has 0 amide bonds. The van der Waals surface area contributed by atoms with Crippen molar-refractivity contribution < 1.29 is 17.9 Å². The normalized spacial score (nSPS) is 16.6. The third kappa shape index (κ3) is 7.25. The van der Waals surface area contributed by atoms with Crippen molar-refractivity contribution in [3.8, 4) is 0 Å². The maximum Gasteiger partial charge on any atom is 0.416 e. The molecular formula is C20H28F3N3O. The summed E-state index contributed by atoms with van der Waals surface area (Å²) >= 11 is 0. The van der Waals surface area contributed by atoms with Gasteiger partial charge >= 0.3 is 6.18 Å². The van der Waals surface area contributed by atoms with Gasteiger partial charge in [0.15, 0.2) is 5.96 Å². The van der Waals surface area contributed by atoms with Gasteiger partial charge in [-0.1, -0.05) is 36.8 Å². The Morgan fingerprint density at radius 1 is 1.26 bits per heavy atom. The molecule has 1 aromatic rings. The average molecular weight is 383 g/mol. The van der Waals surface area contributed by atoms with Crippen LogP contribution in [-0.4, -0.2) is 39.3 Å². The second kappa shape index (κ2) is 10.3. The van der Waals surface area contributed by atoms with Crippen LogP contribution in [0.15, 0.2) is 40.9 Å². The highest BCUT2D eigenvalue weighted by molar-refractivity contribution is 5.79. The van der Waals surface area contributed by atoms with Gasteiger partial charge in [0.05, 0.1) is 18.8 Å². The molecule has 2 N–H and O–H groups in total. The topological polar surface area (TPSA) is 45.7 Å². The minimum Gasteiger partial charge on any atom is -0.377 e. The summed E-state index contributed by atoms with van der Waals surface area (Å²) in [5, 5.41) is 6.49. The molecular weight excluding hydrogens is 355 g/mol. The van der Waals surface area contributed by atoms with E-state index in [2.05, 4.69) is 21.7 Å². The SMILES string of the molecule is CN=C(NCCC1=CCOCC1)NCCC(C)c1cccc(C(F)(F)F)c1. The molecule has 150 valence electrons. The Morgan fingerprint density at radius 3 is 2.70 bits per heavy atom. The van der Waals surface area contributed by atoms with Crippen molar-refractivity contribution in [2.24, 2.45) is 4.99 Å². The Hall–Kier alpha value is -2.02. The number of hydrogen-bond donors (Lipinski definition) is 2. The first-order valence-electron chi connectivity index (χ1n) is 9.27. The Kier molecular flexibility index (Phi) is 8.16. The van der Waals surface area contributed by atoms with Crippen molar-refractivity contribution in [3.05, 3.63) is 47.0 Å². The Labute approximate surface area is 158 Å². The first-order chi connectivity index (χ1) is 12.9. The van der Waals surface area contributed by atoms with Crippen LogP contribution in [0.1, 0.15) is 43.2 Å². The number of nitrogens with one attached hydrogen (secondary N) is 2. The summed E-state index contributed by atoms with van der Waals surface area (Å²) in [6.45, 7) is 4.83. The lowest BCUT2D eigenvalue weighted by atomic mass is 9.96. The van der Waals surface area contributed by atoms with Crippen LogP contribution in [0.4, 0.5) is 13.2 Å². The van der Waals surface area contributed by atoms with Gasteiger partial charge in [-0.3, -0.25) is 4.99 Å². The molecule has 0 fully saturated rings. The first-order valence-corrected chi connectivity index (χ1v) is 9.27. The standard InChI is InChI=1S/C20H28F3N3O/c1-15(17-4-3-5-18(14-17)20(21,22)23)6-10-25-19(24-2)26-11-7-16-8-12-27-13-9-16/h3-5,8,14-15H,6-7,9-13H2,1-2H3,(H2,24,25,26). The predicted octanol–water partition coefficient (Wildman–Crippen LogP) is 4.10. The molecule has 1 aliphatic rings. The monoisotopic (exact) mass is 383 g/mol. The van der Waals surface area contributed by atoms with Gasteiger partial charge in [-0.15, -0.1) is 0 Å². The quantitative estimate of drug-likeness (QED) is 0.423. The Morgan fingerprint density at radius 2 is 2.04 bits per heavy atom. The molecule has 1 aliphatic heterocycles. The van der Waals surface area contributed by atoms with E-state index in [1.165, 1.54) is 17.7 Å². The number of rotatable bonds is 7. The fourth-order valence-corrected chi connectivity index (χ4v) is 2.95. The molecule has 27 heavy (non-hydrogen) atoms. The van der Waals surface area contributed by atoms with Crippen LogP contribution in [0.2, 0.25) is 0 Å². The summed E-state index contributed by atoms with van der Waals surface area (Å²) in [6, 6.07) is 5.55. The number of ether oxygens (including phenoxy) is 1. The van der Waals surface area contributed by atoms with E-state index in [1.807, 2.05) is 6.92 Å². The van der Waals surface area contributed by atoms with Crippen LogP contribution in [0.25, 0.3) is 0 Å². The number of alkyl halides is 3. The van der Waals surface area contributed by atoms with E-state index in [0.717, 1.165) is 32.1 Å². The zero-order valence-corrected chi connectivity index (χ0v) is 15.9. The van der Waals surface area contributed by atoms with Crippen molar-refractivity contribution in [2.75, 3.05) is 33.4 Å². The van der Waals surface area contributed by atoms with Crippen molar-refractivity contribution >= 4 is 5.96 Å². The van der Waals surface area contributed by atoms with Gasteiger partial charge < -0.3 is 15.4 Å². The molecule has 0 saturated carbocycles. The predicted molar refractivity (Wildman–Crippen MR) is 102 cm³/mol. The molecule has 0 spiro atoms. The van der Waals surface area contributed by atoms with E-state index < -0.39 is 11.7 Å². The minimum atomic E-state index is -4.31. The lowest BCUT2D eigenvalue weighted by Crippen LogP contribution is -2.38. The average Bonchev–Trinajstić information content (AvgIpc) is 2.67. The van der Waals surface area contributed by atoms with Crippen LogP contribution < -0.4 is 10.6 Å². The maximum atomic E-state index is 12.8. The Balaban J connectivity index is 1.74. The van der Waals surface area contributed by atoms with Crippen LogP contribution >= 0.6 is 0 Å². The second-order valence-electron chi connectivity index (χ2n) is 6.68. The van der Waals surface area contributed by atoms with Gasteiger partial charge in [-0.2, -0.15) is 13.2 Å². The molecule has 1 unspecified atom stereocenters. The molecule has 1 aromatic carbocycles. The maximum absolute atomic E-state index is 12.8. The number of guanidine groups is 1. The summed E-state index contributed by atoms with van der Waals surface area (Å²) in [5.41, 5.74) is 1.49. The fraction of sp³-hybridized carbons (Fsp3) is 0.550. The van der Waals surface area contributed by atoms with Crippen molar-refractivity contribution in [3.63, 3.8) is 0 Å². The van der Waals surface area contributed by atoms with Crippen molar-refractivity contribution in [1.82, 2.24) is 10.6 Å². The highest BCUT2D eigenvalue weighted by Crippen LogP contribution is 2.31. The van der Waals surface area contributed by atoms with Gasteiger partial charge in [-0.25, -0.2) is 0 Å². The van der Waals surface area contributed by atoms with Crippen LogP contribution in [0.3, 0.4) is 0 Å². The summed E-state index contributed by atoms with van der Waals surface area (Å²) in [7, 11) is 1.71. The van der Waals surface area contributed by atoms with E-state index in [1.54, 1.807) is 13.1 Å². The van der Waals surface area contributed by atoms with E-state index in [-0.39, 0.29) is 5.92 Å². The molecule has 7 heteroatoms. The van der Waals surface area contributed by atoms with Crippen LogP contribution in [0, 0.1) is 0 Å². The molecule has 0 aliphatic carbocycles. The van der Waals surface area contributed by atoms with Crippen molar-refractivity contribution in [2.45, 2.75) is 38.3 Å². The molecule has 4 nitrogen and oxygen atoms in total. The van der Waals surface area contributed by atoms with Gasteiger partial charge in [-0.05, 0) is 36.8 Å². The lowest BCUT2D eigenvalue weighted by molar-refractivity contribution is -0.137.